The highest BCUT2D eigenvalue weighted by Gasteiger charge is 2.10. The van der Waals surface area contributed by atoms with Crippen LogP contribution in [0.15, 0.2) is 60.9 Å². The zero-order valence-electron chi connectivity index (χ0n) is 18.2. The van der Waals surface area contributed by atoms with Gasteiger partial charge >= 0.3 is 5.97 Å². The van der Waals surface area contributed by atoms with Gasteiger partial charge in [-0.15, -0.1) is 0 Å². The molecule has 0 bridgehead atoms. The predicted molar refractivity (Wildman–Crippen MR) is 121 cm³/mol. The van der Waals surface area contributed by atoms with Gasteiger partial charge in [-0.25, -0.2) is 13.8 Å². The summed E-state index contributed by atoms with van der Waals surface area (Å²) in [5.74, 6) is -1.48. The van der Waals surface area contributed by atoms with Crippen LogP contribution in [0.4, 0.5) is 20.4 Å². The second kappa shape index (κ2) is 10.1. The van der Waals surface area contributed by atoms with Gasteiger partial charge in [0.25, 0.3) is 0 Å². The first-order valence-corrected chi connectivity index (χ1v) is 10.4. The van der Waals surface area contributed by atoms with Gasteiger partial charge in [0.05, 0.1) is 20.1 Å². The van der Waals surface area contributed by atoms with E-state index in [2.05, 4.69) is 25.3 Å². The summed E-state index contributed by atoms with van der Waals surface area (Å²) in [4.78, 5) is 31.8. The zero-order chi connectivity index (χ0) is 24.1. The molecule has 2 aromatic carbocycles. The Kier molecular flexibility index (Phi) is 6.77. The first-order valence-electron chi connectivity index (χ1n) is 10.4. The maximum atomic E-state index is 14.1. The lowest BCUT2D eigenvalue weighted by Crippen LogP contribution is -2.31. The SMILES string of the molecule is COC(=O)CNC(=O)Cc1ccc(Nc2ncc3ccn(Cc4cc(F)ccc4F)c3n2)cc1. The van der Waals surface area contributed by atoms with Gasteiger partial charge in [-0.05, 0) is 42.0 Å². The number of methoxy groups -OCH3 is 1. The Morgan fingerprint density at radius 2 is 1.88 bits per heavy atom. The third-order valence-electron chi connectivity index (χ3n) is 5.08. The molecule has 0 fully saturated rings. The van der Waals surface area contributed by atoms with Gasteiger partial charge in [-0.3, -0.25) is 9.59 Å². The van der Waals surface area contributed by atoms with E-state index in [1.807, 2.05) is 0 Å². The molecular formula is C24H21F2N5O3. The monoisotopic (exact) mass is 465 g/mol. The molecule has 0 unspecified atom stereocenters. The average Bonchev–Trinajstić information content (AvgIpc) is 3.23. The van der Waals surface area contributed by atoms with Gasteiger partial charge in [-0.1, -0.05) is 12.1 Å². The average molecular weight is 465 g/mol. The van der Waals surface area contributed by atoms with Crippen molar-refractivity contribution < 1.29 is 23.1 Å². The zero-order valence-corrected chi connectivity index (χ0v) is 18.2. The van der Waals surface area contributed by atoms with Gasteiger partial charge in [0.1, 0.15) is 23.8 Å². The summed E-state index contributed by atoms with van der Waals surface area (Å²) in [6.45, 7) is -0.0569. The number of nitrogens with one attached hydrogen (secondary N) is 2. The first kappa shape index (κ1) is 22.8. The van der Waals surface area contributed by atoms with Crippen molar-refractivity contribution in [1.29, 1.82) is 0 Å². The lowest BCUT2D eigenvalue weighted by molar-refractivity contribution is -0.141. The number of halogens is 2. The molecule has 1 amide bonds. The van der Waals surface area contributed by atoms with Crippen LogP contribution in [-0.2, 0) is 27.3 Å². The smallest absolute Gasteiger partial charge is 0.325 e. The fourth-order valence-corrected chi connectivity index (χ4v) is 3.33. The van der Waals surface area contributed by atoms with Crippen molar-refractivity contribution in [3.63, 3.8) is 0 Å². The second-order valence-electron chi connectivity index (χ2n) is 7.50. The van der Waals surface area contributed by atoms with E-state index in [0.29, 0.717) is 17.3 Å². The van der Waals surface area contributed by atoms with Crippen LogP contribution < -0.4 is 10.6 Å². The minimum Gasteiger partial charge on any atom is -0.468 e. The van der Waals surface area contributed by atoms with Crippen LogP contribution in [-0.4, -0.2) is 40.1 Å². The van der Waals surface area contributed by atoms with Crippen LogP contribution in [0.5, 0.6) is 0 Å². The van der Waals surface area contributed by atoms with Gasteiger partial charge < -0.3 is 19.9 Å². The lowest BCUT2D eigenvalue weighted by atomic mass is 10.1. The molecule has 2 aromatic heterocycles. The third-order valence-corrected chi connectivity index (χ3v) is 5.08. The molecule has 0 aliphatic carbocycles. The Labute approximate surface area is 193 Å². The molecule has 0 aliphatic rings. The van der Waals surface area contributed by atoms with E-state index in [1.165, 1.54) is 13.2 Å². The number of fused-ring (bicyclic) bond motifs is 1. The quantitative estimate of drug-likeness (QED) is 0.388. The van der Waals surface area contributed by atoms with E-state index in [1.54, 1.807) is 47.3 Å². The van der Waals surface area contributed by atoms with E-state index in [4.69, 9.17) is 0 Å². The molecule has 174 valence electrons. The van der Waals surface area contributed by atoms with Crippen molar-refractivity contribution in [3.05, 3.63) is 83.7 Å². The van der Waals surface area contributed by atoms with Crippen molar-refractivity contribution in [1.82, 2.24) is 19.9 Å². The molecule has 0 saturated heterocycles. The lowest BCUT2D eigenvalue weighted by Gasteiger charge is -2.09. The maximum Gasteiger partial charge on any atom is 0.325 e. The number of carbonyl (C=O) groups excluding carboxylic acids is 2. The van der Waals surface area contributed by atoms with Gasteiger partial charge in [-0.2, -0.15) is 4.98 Å². The van der Waals surface area contributed by atoms with Crippen LogP contribution >= 0.6 is 0 Å². The Bertz CT molecular complexity index is 1340. The van der Waals surface area contributed by atoms with Crippen LogP contribution in [0.1, 0.15) is 11.1 Å². The largest absolute Gasteiger partial charge is 0.468 e. The molecule has 4 rings (SSSR count). The van der Waals surface area contributed by atoms with Crippen LogP contribution in [0.3, 0.4) is 0 Å². The second-order valence-corrected chi connectivity index (χ2v) is 7.50. The highest BCUT2D eigenvalue weighted by Crippen LogP contribution is 2.20. The van der Waals surface area contributed by atoms with Crippen molar-refractivity contribution in [2.45, 2.75) is 13.0 Å². The molecule has 0 aliphatic heterocycles. The predicted octanol–water partition coefficient (Wildman–Crippen LogP) is 3.33. The number of carbonyl (C=O) groups is 2. The van der Waals surface area contributed by atoms with Gasteiger partial charge in [0.2, 0.25) is 11.9 Å². The molecule has 2 N–H and O–H groups in total. The highest BCUT2D eigenvalue weighted by atomic mass is 19.1. The van der Waals surface area contributed by atoms with Gasteiger partial charge in [0.15, 0.2) is 0 Å². The number of aromatic nitrogens is 3. The molecule has 0 atom stereocenters. The van der Waals surface area contributed by atoms with Crippen LogP contribution in [0, 0.1) is 11.6 Å². The number of hydrogen-bond donors (Lipinski definition) is 2. The summed E-state index contributed by atoms with van der Waals surface area (Å²) < 4.78 is 33.8. The van der Waals surface area contributed by atoms with E-state index in [9.17, 15) is 18.4 Å². The van der Waals surface area contributed by atoms with Crippen molar-refractivity contribution in [2.75, 3.05) is 19.0 Å². The fraction of sp³-hybridized carbons (Fsp3) is 0.167. The van der Waals surface area contributed by atoms with Gasteiger partial charge in [0, 0.05) is 29.0 Å². The minimum absolute atomic E-state index is 0.115. The highest BCUT2D eigenvalue weighted by molar-refractivity contribution is 5.83. The maximum absolute atomic E-state index is 14.1. The Morgan fingerprint density at radius 3 is 2.65 bits per heavy atom. The molecular weight excluding hydrogens is 444 g/mol. The Balaban J connectivity index is 1.44. The first-order chi connectivity index (χ1) is 16.4. The summed E-state index contributed by atoms with van der Waals surface area (Å²) in [5, 5.41) is 6.34. The van der Waals surface area contributed by atoms with Crippen molar-refractivity contribution >= 4 is 34.5 Å². The third kappa shape index (κ3) is 5.52. The van der Waals surface area contributed by atoms with E-state index >= 15 is 0 Å². The molecule has 10 heteroatoms. The summed E-state index contributed by atoms with van der Waals surface area (Å²) in [6, 6.07) is 12.2. The molecule has 0 radical (unpaired) electrons. The van der Waals surface area contributed by atoms with Crippen LogP contribution in [0.2, 0.25) is 0 Å². The molecule has 0 saturated carbocycles. The number of rotatable bonds is 8. The fourth-order valence-electron chi connectivity index (χ4n) is 3.33. The Morgan fingerprint density at radius 1 is 1.09 bits per heavy atom. The number of esters is 1. The van der Waals surface area contributed by atoms with E-state index in [-0.39, 0.29) is 31.0 Å². The number of hydrogen-bond acceptors (Lipinski definition) is 6. The van der Waals surface area contributed by atoms with Crippen molar-refractivity contribution in [2.24, 2.45) is 0 Å². The molecule has 34 heavy (non-hydrogen) atoms. The molecule has 8 nitrogen and oxygen atoms in total. The summed E-state index contributed by atoms with van der Waals surface area (Å²) in [6.07, 6.45) is 3.50. The summed E-state index contributed by atoms with van der Waals surface area (Å²) >= 11 is 0. The molecule has 2 heterocycles. The normalized spacial score (nSPS) is 10.8. The van der Waals surface area contributed by atoms with E-state index in [0.717, 1.165) is 23.1 Å². The number of nitrogens with zero attached hydrogens (tertiary/aromatic N) is 3. The number of anilines is 2. The topological polar surface area (TPSA) is 98.1 Å². The van der Waals surface area contributed by atoms with Crippen LogP contribution in [0.25, 0.3) is 11.0 Å². The number of ether oxygens (including phenoxy) is 1. The standard InChI is InChI=1S/C24H21F2N5O3/c1-34-22(33)13-27-21(32)10-15-2-5-19(6-3-15)29-24-28-12-16-8-9-31(23(16)30-24)14-17-11-18(25)4-7-20(17)26/h2-9,11-12H,10,13-14H2,1H3,(H,27,32)(H,28,29,30). The minimum atomic E-state index is -0.517. The molecule has 4 aromatic rings. The van der Waals surface area contributed by atoms with Crippen molar-refractivity contribution in [3.8, 4) is 0 Å². The summed E-state index contributed by atoms with van der Waals surface area (Å²) in [7, 11) is 1.25. The summed E-state index contributed by atoms with van der Waals surface area (Å²) in [5.41, 5.74) is 2.25. The molecule has 0 spiro atoms. The number of amides is 1. The number of benzene rings is 2. The Hall–Kier alpha value is -4.34. The van der Waals surface area contributed by atoms with E-state index < -0.39 is 17.6 Å².